The third-order valence-electron chi connectivity index (χ3n) is 3.37. The van der Waals surface area contributed by atoms with Gasteiger partial charge in [0.25, 0.3) is 5.82 Å². The predicted octanol–water partition coefficient (Wildman–Crippen LogP) is 0.941. The molecule has 0 radical (unpaired) electrons. The molecule has 116 valence electrons. The van der Waals surface area contributed by atoms with Crippen molar-refractivity contribution in [1.29, 1.82) is 0 Å². The number of H-pyrrole nitrogens is 1. The highest BCUT2D eigenvalue weighted by atomic mass is 19.4. The molecule has 21 heavy (non-hydrogen) atoms. The van der Waals surface area contributed by atoms with Gasteiger partial charge in [-0.15, -0.1) is 5.10 Å². The number of hydrogen-bond acceptors (Lipinski definition) is 4. The van der Waals surface area contributed by atoms with Gasteiger partial charge in [0.05, 0.1) is 12.5 Å². The third-order valence-corrected chi connectivity index (χ3v) is 3.37. The quantitative estimate of drug-likeness (QED) is 0.767. The first-order chi connectivity index (χ1) is 9.77. The Labute approximate surface area is 116 Å². The molecular formula is C11H13F3N4O3. The van der Waals surface area contributed by atoms with E-state index in [9.17, 15) is 22.8 Å². The lowest BCUT2D eigenvalue weighted by Gasteiger charge is -2.09. The lowest BCUT2D eigenvalue weighted by atomic mass is 10.0. The van der Waals surface area contributed by atoms with Gasteiger partial charge in [-0.05, 0) is 19.3 Å². The molecule has 0 aromatic carbocycles. The molecule has 10 heteroatoms. The summed E-state index contributed by atoms with van der Waals surface area (Å²) in [5.74, 6) is -3.69. The van der Waals surface area contributed by atoms with Gasteiger partial charge < -0.3 is 10.4 Å². The number of carboxylic acids is 1. The summed E-state index contributed by atoms with van der Waals surface area (Å²) in [6.07, 6.45) is -3.52. The molecule has 1 saturated carbocycles. The molecule has 1 fully saturated rings. The van der Waals surface area contributed by atoms with Crippen molar-refractivity contribution in [2.45, 2.75) is 32.0 Å². The Balaban J connectivity index is 1.85. The van der Waals surface area contributed by atoms with Crippen LogP contribution in [-0.4, -0.2) is 32.2 Å². The van der Waals surface area contributed by atoms with Crippen molar-refractivity contribution >= 4 is 11.9 Å². The van der Waals surface area contributed by atoms with Gasteiger partial charge in [0.15, 0.2) is 0 Å². The van der Waals surface area contributed by atoms with Crippen LogP contribution >= 0.6 is 0 Å². The summed E-state index contributed by atoms with van der Waals surface area (Å²) < 4.78 is 36.8. The van der Waals surface area contributed by atoms with E-state index in [2.05, 4.69) is 20.5 Å². The number of amides is 1. The summed E-state index contributed by atoms with van der Waals surface area (Å²) in [6, 6.07) is 0. The lowest BCUT2D eigenvalue weighted by molar-refractivity contribution is -0.145. The number of aromatic amines is 1. The minimum atomic E-state index is -4.64. The van der Waals surface area contributed by atoms with Crippen LogP contribution in [0, 0.1) is 11.8 Å². The van der Waals surface area contributed by atoms with Gasteiger partial charge >= 0.3 is 12.1 Å². The van der Waals surface area contributed by atoms with Gasteiger partial charge in [-0.25, -0.2) is 4.98 Å². The van der Waals surface area contributed by atoms with Gasteiger partial charge in [-0.2, -0.15) is 13.2 Å². The second-order valence-corrected chi connectivity index (χ2v) is 4.87. The molecule has 1 aromatic heterocycles. The van der Waals surface area contributed by atoms with Crippen molar-refractivity contribution in [2.75, 3.05) is 0 Å². The number of alkyl halides is 3. The fourth-order valence-electron chi connectivity index (χ4n) is 2.26. The zero-order chi connectivity index (χ0) is 15.6. The first-order valence-electron chi connectivity index (χ1n) is 6.26. The molecule has 1 heterocycles. The zero-order valence-electron chi connectivity index (χ0n) is 10.8. The zero-order valence-corrected chi connectivity index (χ0v) is 10.8. The maximum absolute atomic E-state index is 12.3. The van der Waals surface area contributed by atoms with Gasteiger partial charge in [0.2, 0.25) is 5.91 Å². The molecule has 0 saturated heterocycles. The highest BCUT2D eigenvalue weighted by molar-refractivity contribution is 5.80. The van der Waals surface area contributed by atoms with Gasteiger partial charge in [0, 0.05) is 5.92 Å². The van der Waals surface area contributed by atoms with Crippen LogP contribution in [0.2, 0.25) is 0 Å². The van der Waals surface area contributed by atoms with Crippen LogP contribution in [0.15, 0.2) is 0 Å². The molecule has 0 bridgehead atoms. The van der Waals surface area contributed by atoms with Crippen molar-refractivity contribution in [3.8, 4) is 0 Å². The number of hydrogen-bond donors (Lipinski definition) is 3. The fraction of sp³-hybridized carbons (Fsp3) is 0.636. The summed E-state index contributed by atoms with van der Waals surface area (Å²) >= 11 is 0. The normalized spacial score (nSPS) is 22.2. The Kier molecular flexibility index (Phi) is 4.14. The van der Waals surface area contributed by atoms with Gasteiger partial charge in [-0.1, -0.05) is 0 Å². The number of halogens is 3. The van der Waals surface area contributed by atoms with E-state index in [0.29, 0.717) is 12.8 Å². The van der Waals surface area contributed by atoms with Crippen molar-refractivity contribution < 1.29 is 27.9 Å². The molecule has 1 aromatic rings. The van der Waals surface area contributed by atoms with Crippen LogP contribution in [0.3, 0.4) is 0 Å². The van der Waals surface area contributed by atoms with Gasteiger partial charge in [-0.3, -0.25) is 14.7 Å². The van der Waals surface area contributed by atoms with Crippen LogP contribution in [0.4, 0.5) is 13.2 Å². The maximum Gasteiger partial charge on any atom is 0.453 e. The second-order valence-electron chi connectivity index (χ2n) is 4.87. The SMILES string of the molecule is O=C(O)[C@@H]1CC[C@H](C(=O)NCc2nc(C(F)(F)F)n[nH]2)C1. The lowest BCUT2D eigenvalue weighted by Crippen LogP contribution is -2.29. The molecule has 2 atom stereocenters. The van der Waals surface area contributed by atoms with Crippen molar-refractivity contribution in [3.63, 3.8) is 0 Å². The molecule has 1 amide bonds. The average molecular weight is 306 g/mol. The number of aromatic nitrogens is 3. The minimum absolute atomic E-state index is 0.108. The number of rotatable bonds is 4. The number of nitrogens with zero attached hydrogens (tertiary/aromatic N) is 2. The van der Waals surface area contributed by atoms with Crippen LogP contribution in [0.1, 0.15) is 30.9 Å². The molecule has 0 aliphatic heterocycles. The molecule has 2 rings (SSSR count). The first-order valence-corrected chi connectivity index (χ1v) is 6.26. The molecular weight excluding hydrogens is 293 g/mol. The number of nitrogens with one attached hydrogen (secondary N) is 2. The minimum Gasteiger partial charge on any atom is -0.481 e. The van der Waals surface area contributed by atoms with E-state index >= 15 is 0 Å². The highest BCUT2D eigenvalue weighted by Crippen LogP contribution is 2.31. The number of carboxylic acid groups (broad SMARTS) is 1. The number of carbonyl (C=O) groups excluding carboxylic acids is 1. The summed E-state index contributed by atoms with van der Waals surface area (Å²) in [5, 5.41) is 16.4. The fourth-order valence-corrected chi connectivity index (χ4v) is 2.26. The Morgan fingerprint density at radius 2 is 2.00 bits per heavy atom. The Bertz CT molecular complexity index is 543. The topological polar surface area (TPSA) is 108 Å². The Morgan fingerprint density at radius 1 is 1.33 bits per heavy atom. The molecule has 7 nitrogen and oxygen atoms in total. The largest absolute Gasteiger partial charge is 0.481 e. The highest BCUT2D eigenvalue weighted by Gasteiger charge is 2.36. The summed E-state index contributed by atoms with van der Waals surface area (Å²) in [5.41, 5.74) is 0. The maximum atomic E-state index is 12.3. The Morgan fingerprint density at radius 3 is 2.52 bits per heavy atom. The number of carbonyl (C=O) groups is 2. The van der Waals surface area contributed by atoms with E-state index in [0.717, 1.165) is 0 Å². The van der Waals surface area contributed by atoms with Gasteiger partial charge in [0.1, 0.15) is 5.82 Å². The predicted molar refractivity (Wildman–Crippen MR) is 61.7 cm³/mol. The van der Waals surface area contributed by atoms with E-state index in [-0.39, 0.29) is 24.7 Å². The molecule has 0 unspecified atom stereocenters. The van der Waals surface area contributed by atoms with Crippen LogP contribution in [-0.2, 0) is 22.3 Å². The molecule has 1 aliphatic carbocycles. The Hall–Kier alpha value is -2.13. The molecule has 0 spiro atoms. The van der Waals surface area contributed by atoms with Crippen LogP contribution < -0.4 is 5.32 Å². The van der Waals surface area contributed by atoms with E-state index in [1.54, 1.807) is 0 Å². The third kappa shape index (κ3) is 3.70. The van der Waals surface area contributed by atoms with Crippen molar-refractivity contribution in [1.82, 2.24) is 20.5 Å². The molecule has 1 aliphatic rings. The summed E-state index contributed by atoms with van der Waals surface area (Å²) in [4.78, 5) is 25.8. The number of aliphatic carboxylic acids is 1. The standard InChI is InChI=1S/C11H13F3N4O3/c12-11(13,14)10-16-7(17-18-10)4-15-8(19)5-1-2-6(3-5)9(20)21/h5-6H,1-4H2,(H,15,19)(H,20,21)(H,16,17,18)/t5-,6+/m0/s1. The summed E-state index contributed by atoms with van der Waals surface area (Å²) in [7, 11) is 0. The van der Waals surface area contributed by atoms with E-state index < -0.39 is 29.8 Å². The smallest absolute Gasteiger partial charge is 0.453 e. The van der Waals surface area contributed by atoms with Crippen LogP contribution in [0.5, 0.6) is 0 Å². The monoisotopic (exact) mass is 306 g/mol. The van der Waals surface area contributed by atoms with E-state index in [1.807, 2.05) is 0 Å². The van der Waals surface area contributed by atoms with Crippen molar-refractivity contribution in [2.24, 2.45) is 11.8 Å². The first kappa shape index (κ1) is 15.3. The second kappa shape index (κ2) is 5.70. The van der Waals surface area contributed by atoms with Crippen LogP contribution in [0.25, 0.3) is 0 Å². The van der Waals surface area contributed by atoms with E-state index in [4.69, 9.17) is 5.11 Å². The van der Waals surface area contributed by atoms with Crippen molar-refractivity contribution in [3.05, 3.63) is 11.6 Å². The molecule has 3 N–H and O–H groups in total. The summed E-state index contributed by atoms with van der Waals surface area (Å²) in [6.45, 7) is -0.212. The van der Waals surface area contributed by atoms with E-state index in [1.165, 1.54) is 0 Å². The average Bonchev–Trinajstić information content (AvgIpc) is 3.04.